The molecule has 0 radical (unpaired) electrons. The molecule has 0 spiro atoms. The van der Waals surface area contributed by atoms with Gasteiger partial charge in [-0.25, -0.2) is 23.9 Å². The van der Waals surface area contributed by atoms with Crippen LogP contribution in [0, 0.1) is 17.6 Å². The van der Waals surface area contributed by atoms with Crippen molar-refractivity contribution in [1.82, 2.24) is 14.5 Å². The predicted molar refractivity (Wildman–Crippen MR) is 107 cm³/mol. The number of fused-ring (bicyclic) bond motifs is 1. The van der Waals surface area contributed by atoms with Crippen molar-refractivity contribution in [2.75, 3.05) is 11.9 Å². The van der Waals surface area contributed by atoms with E-state index in [1.54, 1.807) is 0 Å². The number of rotatable bonds is 7. The molecule has 3 aromatic rings. The Hall–Kier alpha value is -2.63. The molecular weight excluding hydrogens is 416 g/mol. The molecule has 8 nitrogen and oxygen atoms in total. The third-order valence-corrected chi connectivity index (χ3v) is 5.84. The van der Waals surface area contributed by atoms with Crippen LogP contribution < -0.4 is 10.5 Å². The molecule has 2 heterocycles. The van der Waals surface area contributed by atoms with Gasteiger partial charge in [-0.05, 0) is 43.4 Å². The van der Waals surface area contributed by atoms with Crippen LogP contribution in [0.3, 0.4) is 0 Å². The summed E-state index contributed by atoms with van der Waals surface area (Å²) in [4.78, 5) is 8.57. The van der Waals surface area contributed by atoms with Gasteiger partial charge in [-0.2, -0.15) is 8.42 Å². The highest BCUT2D eigenvalue weighted by Gasteiger charge is 2.28. The van der Waals surface area contributed by atoms with Crippen LogP contribution in [0.1, 0.15) is 30.9 Å². The SMILES string of the molecule is NS(=O)(=O)OC[C@H]1CC[C@H](n2ccc3c(NCc4c(F)cccc4F)ncnc32)C1. The Morgan fingerprint density at radius 1 is 1.20 bits per heavy atom. The molecule has 1 aromatic carbocycles. The summed E-state index contributed by atoms with van der Waals surface area (Å²) in [6, 6.07) is 5.72. The van der Waals surface area contributed by atoms with E-state index in [0.29, 0.717) is 11.5 Å². The van der Waals surface area contributed by atoms with Gasteiger partial charge in [0.15, 0.2) is 0 Å². The summed E-state index contributed by atoms with van der Waals surface area (Å²) in [7, 11) is -3.95. The van der Waals surface area contributed by atoms with Crippen molar-refractivity contribution in [3.8, 4) is 0 Å². The third kappa shape index (κ3) is 4.42. The maximum absolute atomic E-state index is 13.9. The minimum absolute atomic E-state index is 0.0494. The zero-order valence-corrected chi connectivity index (χ0v) is 16.8. The molecule has 1 aliphatic carbocycles. The fourth-order valence-electron chi connectivity index (χ4n) is 3.92. The highest BCUT2D eigenvalue weighted by atomic mass is 32.2. The number of anilines is 1. The molecule has 0 saturated heterocycles. The van der Waals surface area contributed by atoms with Gasteiger partial charge < -0.3 is 9.88 Å². The summed E-state index contributed by atoms with van der Waals surface area (Å²) in [6.07, 6.45) is 5.67. The number of nitrogens with one attached hydrogen (secondary N) is 1. The Balaban J connectivity index is 1.50. The van der Waals surface area contributed by atoms with E-state index >= 15 is 0 Å². The summed E-state index contributed by atoms with van der Waals surface area (Å²) < 4.78 is 56.5. The Bertz CT molecular complexity index is 1150. The second kappa shape index (κ2) is 8.25. The molecule has 0 amide bonds. The zero-order chi connectivity index (χ0) is 21.3. The lowest BCUT2D eigenvalue weighted by molar-refractivity contribution is 0.253. The summed E-state index contributed by atoms with van der Waals surface area (Å²) in [5.74, 6) is -0.684. The van der Waals surface area contributed by atoms with Crippen molar-refractivity contribution < 1.29 is 21.4 Å². The van der Waals surface area contributed by atoms with Crippen LogP contribution in [0.5, 0.6) is 0 Å². The van der Waals surface area contributed by atoms with Crippen LogP contribution in [0.15, 0.2) is 36.8 Å². The molecule has 3 N–H and O–H groups in total. The molecule has 2 aromatic heterocycles. The van der Waals surface area contributed by atoms with Gasteiger partial charge in [0.25, 0.3) is 0 Å². The average Bonchev–Trinajstić information content (AvgIpc) is 3.32. The van der Waals surface area contributed by atoms with Gasteiger partial charge in [0, 0.05) is 24.3 Å². The number of hydrogen-bond donors (Lipinski definition) is 2. The predicted octanol–water partition coefficient (Wildman–Crippen LogP) is 2.88. The molecule has 0 aliphatic heterocycles. The molecule has 1 aliphatic rings. The van der Waals surface area contributed by atoms with E-state index < -0.39 is 21.9 Å². The Labute approximate surface area is 172 Å². The van der Waals surface area contributed by atoms with Gasteiger partial charge in [-0.3, -0.25) is 4.18 Å². The fraction of sp³-hybridized carbons (Fsp3) is 0.368. The minimum Gasteiger partial charge on any atom is -0.365 e. The second-order valence-electron chi connectivity index (χ2n) is 7.35. The third-order valence-electron chi connectivity index (χ3n) is 5.38. The summed E-state index contributed by atoms with van der Waals surface area (Å²) in [5, 5.41) is 8.62. The van der Waals surface area contributed by atoms with Crippen LogP contribution in [-0.2, 0) is 21.0 Å². The first-order chi connectivity index (χ1) is 14.3. The second-order valence-corrected chi connectivity index (χ2v) is 8.57. The molecule has 0 bridgehead atoms. The van der Waals surface area contributed by atoms with Crippen LogP contribution in [0.25, 0.3) is 11.0 Å². The largest absolute Gasteiger partial charge is 0.365 e. The van der Waals surface area contributed by atoms with Crippen molar-refractivity contribution in [1.29, 1.82) is 0 Å². The lowest BCUT2D eigenvalue weighted by Crippen LogP contribution is -2.19. The smallest absolute Gasteiger partial charge is 0.333 e. The summed E-state index contributed by atoms with van der Waals surface area (Å²) in [5.41, 5.74) is 0.636. The van der Waals surface area contributed by atoms with Gasteiger partial charge in [0.2, 0.25) is 0 Å². The van der Waals surface area contributed by atoms with E-state index in [1.807, 2.05) is 16.8 Å². The molecule has 0 unspecified atom stereocenters. The van der Waals surface area contributed by atoms with Gasteiger partial charge in [0.1, 0.15) is 29.4 Å². The lowest BCUT2D eigenvalue weighted by atomic mass is 10.1. The first-order valence-corrected chi connectivity index (χ1v) is 10.9. The van der Waals surface area contributed by atoms with E-state index in [0.717, 1.165) is 24.6 Å². The van der Waals surface area contributed by atoms with Crippen molar-refractivity contribution in [2.45, 2.75) is 31.8 Å². The van der Waals surface area contributed by atoms with Crippen LogP contribution >= 0.6 is 0 Å². The van der Waals surface area contributed by atoms with Gasteiger partial charge >= 0.3 is 10.3 Å². The zero-order valence-electron chi connectivity index (χ0n) is 16.0. The summed E-state index contributed by atoms with van der Waals surface area (Å²) >= 11 is 0. The number of halogens is 2. The number of nitrogens with zero attached hydrogens (tertiary/aromatic N) is 3. The Morgan fingerprint density at radius 2 is 1.97 bits per heavy atom. The highest BCUT2D eigenvalue weighted by molar-refractivity contribution is 7.84. The minimum atomic E-state index is -3.95. The standard InChI is InChI=1S/C19H21F2N5O3S/c20-16-2-1-3-17(21)15(16)9-23-18-14-6-7-26(19(14)25-11-24-18)13-5-4-12(8-13)10-29-30(22,27)28/h1-3,6-7,11-13H,4-5,8-10H2,(H2,22,27,28)(H,23,24,25)/t12-,13-/m0/s1. The number of hydrogen-bond acceptors (Lipinski definition) is 6. The van der Waals surface area contributed by atoms with Crippen LogP contribution in [0.2, 0.25) is 0 Å². The maximum atomic E-state index is 13.9. The van der Waals surface area contributed by atoms with Crippen LogP contribution in [-0.4, -0.2) is 29.6 Å². The van der Waals surface area contributed by atoms with Crippen molar-refractivity contribution in [2.24, 2.45) is 11.1 Å². The molecule has 1 saturated carbocycles. The van der Waals surface area contributed by atoms with Gasteiger partial charge in [0.05, 0.1) is 12.0 Å². The van der Waals surface area contributed by atoms with Crippen LogP contribution in [0.4, 0.5) is 14.6 Å². The highest BCUT2D eigenvalue weighted by Crippen LogP contribution is 2.37. The first kappa shape index (κ1) is 20.6. The van der Waals surface area contributed by atoms with E-state index in [1.165, 1.54) is 24.5 Å². The van der Waals surface area contributed by atoms with E-state index in [-0.39, 0.29) is 30.7 Å². The fourth-order valence-corrected chi connectivity index (χ4v) is 4.31. The number of aromatic nitrogens is 3. The molecule has 30 heavy (non-hydrogen) atoms. The molecule has 4 rings (SSSR count). The molecule has 1 fully saturated rings. The molecule has 160 valence electrons. The van der Waals surface area contributed by atoms with Crippen molar-refractivity contribution in [3.63, 3.8) is 0 Å². The Morgan fingerprint density at radius 3 is 2.70 bits per heavy atom. The lowest BCUT2D eigenvalue weighted by Gasteiger charge is -2.14. The monoisotopic (exact) mass is 437 g/mol. The normalized spacial score (nSPS) is 19.4. The topological polar surface area (TPSA) is 112 Å². The molecular formula is C19H21F2N5O3S. The average molecular weight is 437 g/mol. The van der Waals surface area contributed by atoms with Crippen molar-refractivity contribution >= 4 is 27.2 Å². The Kier molecular flexibility index (Phi) is 5.67. The first-order valence-electron chi connectivity index (χ1n) is 9.47. The van der Waals surface area contributed by atoms with E-state index in [2.05, 4.69) is 15.3 Å². The van der Waals surface area contributed by atoms with Crippen molar-refractivity contribution in [3.05, 3.63) is 54.0 Å². The number of benzene rings is 1. The van der Waals surface area contributed by atoms with E-state index in [4.69, 9.17) is 9.32 Å². The summed E-state index contributed by atoms with van der Waals surface area (Å²) in [6.45, 7) is 0.0106. The maximum Gasteiger partial charge on any atom is 0.333 e. The van der Waals surface area contributed by atoms with Gasteiger partial charge in [-0.1, -0.05) is 6.07 Å². The molecule has 2 atom stereocenters. The number of nitrogens with two attached hydrogens (primary N) is 1. The van der Waals surface area contributed by atoms with E-state index in [9.17, 15) is 17.2 Å². The van der Waals surface area contributed by atoms with Gasteiger partial charge in [-0.15, -0.1) is 0 Å². The molecule has 11 heteroatoms. The quantitative estimate of drug-likeness (QED) is 0.588.